The highest BCUT2D eigenvalue weighted by Crippen LogP contribution is 2.44. The van der Waals surface area contributed by atoms with Crippen LogP contribution in [0.15, 0.2) is 47.3 Å². The molecule has 0 aliphatic carbocycles. The number of amides is 2. The maximum absolute atomic E-state index is 14.5. The number of piperazine rings is 1. The van der Waals surface area contributed by atoms with Gasteiger partial charge in [-0.2, -0.15) is 0 Å². The van der Waals surface area contributed by atoms with Crippen molar-refractivity contribution < 1.29 is 42.9 Å². The number of aromatic nitrogens is 2. The van der Waals surface area contributed by atoms with Crippen LogP contribution in [0.4, 0.5) is 10.5 Å². The predicted molar refractivity (Wildman–Crippen MR) is 260 cm³/mol. The summed E-state index contributed by atoms with van der Waals surface area (Å²) >= 11 is 0. The molecule has 1 saturated heterocycles. The third kappa shape index (κ3) is 10.5. The van der Waals surface area contributed by atoms with Crippen LogP contribution in [0.2, 0.25) is 0 Å². The molecular formula is C50H64N10O10. The summed E-state index contributed by atoms with van der Waals surface area (Å²) in [5, 5.41) is 20.1. The molecule has 1 fully saturated rings. The number of rotatable bonds is 17. The molecule has 0 unspecified atom stereocenters. The summed E-state index contributed by atoms with van der Waals surface area (Å²) in [5.41, 5.74) is 8.16. The Bertz CT molecular complexity index is 2720. The second-order valence-electron chi connectivity index (χ2n) is 19.0. The van der Waals surface area contributed by atoms with Crippen LogP contribution >= 0.6 is 0 Å². The number of anilines is 1. The number of nitrogens with two attached hydrogens (primary N) is 1. The van der Waals surface area contributed by atoms with Crippen molar-refractivity contribution in [1.82, 2.24) is 35.3 Å². The number of esters is 1. The van der Waals surface area contributed by atoms with Crippen molar-refractivity contribution in [2.24, 2.45) is 11.7 Å². The molecule has 0 bridgehead atoms. The molecule has 0 radical (unpaired) electrons. The molecule has 3 atom stereocenters. The molecule has 0 saturated carbocycles. The number of pyridine rings is 2. The molecule has 4 aliphatic heterocycles. The average Bonchev–Trinajstić information content (AvgIpc) is 3.70. The van der Waals surface area contributed by atoms with Gasteiger partial charge in [0.1, 0.15) is 32.5 Å². The standard InChI is InChI=1S/C50H64N10O10/c1-7-50(70-49(65)69-26-30-10-12-31(13-11-30)55-44(61)37(9-8-14-53-48(51)52)57-45(62)42(28(2)3)54-29(4)5)36-22-39-43-34(25-60(39)46(63)35(36)27-68-47(50)64)33(24-59-17-15-58(6)16-18-59)32-21-40-41(23-38(32)56-43)67-20-19-66-40/h10-13,21-23,28-29,37,42,54H,7-9,14-20,24-27H2,1-6H3,(H,55,61)(H,57,62)(H4,51,52,53)/t37-,42-,50-/m0/s1. The van der Waals surface area contributed by atoms with Crippen LogP contribution in [-0.4, -0.2) is 120 Å². The largest absolute Gasteiger partial charge is 0.510 e. The van der Waals surface area contributed by atoms with Gasteiger partial charge in [0.05, 0.1) is 35.1 Å². The topological polar surface area (TPSA) is 254 Å². The smallest absolute Gasteiger partial charge is 0.486 e. The molecule has 6 heterocycles. The zero-order valence-corrected chi connectivity index (χ0v) is 40.7. The Balaban J connectivity index is 0.992. The minimum Gasteiger partial charge on any atom is -0.486 e. The summed E-state index contributed by atoms with van der Waals surface area (Å²) in [6.45, 7) is 14.5. The van der Waals surface area contributed by atoms with Crippen molar-refractivity contribution in [3.8, 4) is 22.9 Å². The SMILES string of the molecule is CC[C@@]1(OC(=O)OCc2ccc(NC(=O)[C@H](CCCNC(=N)N)NC(=O)[C@@H](NC(C)C)C(C)C)cc2)C(=O)OCc2c1cc1n(c2=O)Cc2c-1nc1cc3c(cc1c2CN1CCN(C)CC1)OCCO3. The molecule has 374 valence electrons. The predicted octanol–water partition coefficient (Wildman–Crippen LogP) is 3.67. The van der Waals surface area contributed by atoms with Crippen molar-refractivity contribution in [1.29, 1.82) is 5.41 Å². The molecule has 4 aromatic rings. The van der Waals surface area contributed by atoms with Gasteiger partial charge in [-0.1, -0.05) is 46.8 Å². The van der Waals surface area contributed by atoms with Gasteiger partial charge in [0.15, 0.2) is 17.5 Å². The summed E-state index contributed by atoms with van der Waals surface area (Å²) < 4.78 is 30.7. The second-order valence-corrected chi connectivity index (χ2v) is 19.0. The van der Waals surface area contributed by atoms with Crippen LogP contribution in [0.5, 0.6) is 11.5 Å². The van der Waals surface area contributed by atoms with E-state index in [1.807, 2.05) is 39.8 Å². The van der Waals surface area contributed by atoms with Crippen LogP contribution in [0.3, 0.4) is 0 Å². The highest BCUT2D eigenvalue weighted by Gasteiger charge is 2.51. The summed E-state index contributed by atoms with van der Waals surface area (Å²) in [7, 11) is 2.11. The van der Waals surface area contributed by atoms with E-state index in [9.17, 15) is 24.0 Å². The van der Waals surface area contributed by atoms with E-state index in [-0.39, 0.29) is 73.1 Å². The first kappa shape index (κ1) is 49.6. The van der Waals surface area contributed by atoms with E-state index in [1.165, 1.54) is 0 Å². The normalized spacial score (nSPS) is 18.3. The van der Waals surface area contributed by atoms with Crippen LogP contribution < -0.4 is 42.0 Å². The molecule has 2 aromatic carbocycles. The minimum absolute atomic E-state index is 0.0375. The van der Waals surface area contributed by atoms with Crippen LogP contribution in [0.25, 0.3) is 22.3 Å². The number of ether oxygens (including phenoxy) is 5. The lowest BCUT2D eigenvalue weighted by Gasteiger charge is -2.35. The molecule has 2 aromatic heterocycles. The van der Waals surface area contributed by atoms with Gasteiger partial charge in [0, 0.05) is 73.6 Å². The molecule has 70 heavy (non-hydrogen) atoms. The fraction of sp³-hybridized carbons (Fsp3) is 0.500. The Morgan fingerprint density at radius 1 is 0.943 bits per heavy atom. The van der Waals surface area contributed by atoms with Gasteiger partial charge in [0.2, 0.25) is 17.4 Å². The second kappa shape index (κ2) is 21.1. The average molecular weight is 965 g/mol. The number of fused-ring (bicyclic) bond motifs is 6. The highest BCUT2D eigenvalue weighted by molar-refractivity contribution is 5.98. The summed E-state index contributed by atoms with van der Waals surface area (Å²) in [4.78, 5) is 78.8. The number of nitrogens with one attached hydrogen (secondary N) is 5. The molecule has 0 spiro atoms. The van der Waals surface area contributed by atoms with Gasteiger partial charge >= 0.3 is 12.1 Å². The molecule has 20 heteroatoms. The molecular weight excluding hydrogens is 901 g/mol. The molecule has 2 amide bonds. The third-order valence-electron chi connectivity index (χ3n) is 13.3. The van der Waals surface area contributed by atoms with Gasteiger partial charge < -0.3 is 60.2 Å². The van der Waals surface area contributed by atoms with E-state index in [1.54, 1.807) is 41.8 Å². The van der Waals surface area contributed by atoms with E-state index < -0.39 is 35.7 Å². The van der Waals surface area contributed by atoms with Gasteiger partial charge in [0.25, 0.3) is 5.56 Å². The third-order valence-corrected chi connectivity index (χ3v) is 13.3. The lowest BCUT2D eigenvalue weighted by molar-refractivity contribution is -0.175. The van der Waals surface area contributed by atoms with Crippen LogP contribution in [-0.2, 0) is 60.5 Å². The highest BCUT2D eigenvalue weighted by atomic mass is 16.7. The first-order valence-electron chi connectivity index (χ1n) is 24.1. The first-order valence-corrected chi connectivity index (χ1v) is 24.1. The minimum atomic E-state index is -1.99. The Kier molecular flexibility index (Phi) is 14.9. The monoisotopic (exact) mass is 964 g/mol. The maximum atomic E-state index is 14.5. The lowest BCUT2D eigenvalue weighted by atomic mass is 9.85. The van der Waals surface area contributed by atoms with E-state index in [4.69, 9.17) is 39.8 Å². The van der Waals surface area contributed by atoms with Crippen molar-refractivity contribution in [3.05, 3.63) is 80.6 Å². The Hall–Kier alpha value is -6.77. The number of nitrogens with zero attached hydrogens (tertiary/aromatic N) is 4. The summed E-state index contributed by atoms with van der Waals surface area (Å²) in [6, 6.07) is 10.8. The first-order chi connectivity index (χ1) is 33.5. The number of benzene rings is 2. The summed E-state index contributed by atoms with van der Waals surface area (Å²) in [5.74, 6) is -0.559. The number of likely N-dealkylation sites (N-methyl/N-ethyl adjacent to an activating group) is 1. The van der Waals surface area contributed by atoms with Crippen LogP contribution in [0, 0.1) is 11.3 Å². The summed E-state index contributed by atoms with van der Waals surface area (Å²) in [6.07, 6.45) is -0.479. The van der Waals surface area contributed by atoms with Crippen molar-refractivity contribution >= 4 is 46.5 Å². The quantitative estimate of drug-likeness (QED) is 0.0337. The number of hydrogen-bond acceptors (Lipinski definition) is 15. The fourth-order valence-electron chi connectivity index (χ4n) is 9.48. The number of carbonyl (C=O) groups excluding carboxylic acids is 4. The molecule has 20 nitrogen and oxygen atoms in total. The Morgan fingerprint density at radius 2 is 1.66 bits per heavy atom. The molecule has 4 aliphatic rings. The number of hydrogen-bond donors (Lipinski definition) is 6. The number of guanidine groups is 1. The van der Waals surface area contributed by atoms with Crippen molar-refractivity contribution in [2.75, 3.05) is 58.3 Å². The number of carbonyl (C=O) groups is 4. The molecule has 8 rings (SSSR count). The van der Waals surface area contributed by atoms with Gasteiger partial charge in [-0.15, -0.1) is 0 Å². The van der Waals surface area contributed by atoms with Gasteiger partial charge in [-0.3, -0.25) is 24.7 Å². The van der Waals surface area contributed by atoms with E-state index in [0.717, 1.165) is 42.7 Å². The zero-order chi connectivity index (χ0) is 49.9. The van der Waals surface area contributed by atoms with Crippen LogP contribution in [0.1, 0.15) is 81.7 Å². The van der Waals surface area contributed by atoms with E-state index >= 15 is 0 Å². The number of cyclic esters (lactones) is 1. The Labute approximate surface area is 406 Å². The fourth-order valence-corrected chi connectivity index (χ4v) is 9.48. The van der Waals surface area contributed by atoms with Gasteiger partial charge in [-0.25, -0.2) is 14.6 Å². The Morgan fingerprint density at radius 3 is 2.33 bits per heavy atom. The van der Waals surface area contributed by atoms with Crippen molar-refractivity contribution in [3.63, 3.8) is 0 Å². The van der Waals surface area contributed by atoms with E-state index in [0.29, 0.717) is 72.4 Å². The van der Waals surface area contributed by atoms with E-state index in [2.05, 4.69) is 38.1 Å². The maximum Gasteiger partial charge on any atom is 0.510 e. The van der Waals surface area contributed by atoms with Gasteiger partial charge in [-0.05, 0) is 67.6 Å². The lowest BCUT2D eigenvalue weighted by Crippen LogP contribution is -2.54. The van der Waals surface area contributed by atoms with Crippen molar-refractivity contribution in [2.45, 2.75) is 104 Å². The molecule has 7 N–H and O–H groups in total. The zero-order valence-electron chi connectivity index (χ0n) is 40.7.